The Kier molecular flexibility index (Phi) is 8.27. The van der Waals surface area contributed by atoms with E-state index >= 15 is 0 Å². The molecule has 1 aliphatic rings. The molecule has 2 aromatic rings. The van der Waals surface area contributed by atoms with E-state index in [4.69, 9.17) is 20.5 Å². The number of aryl methyl sites for hydroxylation is 2. The van der Waals surface area contributed by atoms with Crippen molar-refractivity contribution in [3.8, 4) is 0 Å². The zero-order valence-corrected chi connectivity index (χ0v) is 23.1. The van der Waals surface area contributed by atoms with E-state index in [1.807, 2.05) is 19.1 Å². The highest BCUT2D eigenvalue weighted by molar-refractivity contribution is 7.86. The largest absolute Gasteiger partial charge is 0.444 e. The van der Waals surface area contributed by atoms with Crippen LogP contribution in [-0.2, 0) is 25.2 Å². The fourth-order valence-electron chi connectivity index (χ4n) is 4.61. The van der Waals surface area contributed by atoms with Gasteiger partial charge in [0.2, 0.25) is 0 Å². The highest BCUT2D eigenvalue weighted by atomic mass is 35.5. The molecule has 3 rings (SSSR count). The average Bonchev–Trinajstić information content (AvgIpc) is 3.15. The number of hydrogen-bond acceptors (Lipinski definition) is 5. The van der Waals surface area contributed by atoms with Crippen LogP contribution < -0.4 is 0 Å². The molecular formula is C26H31ClF3NO5S. The zero-order chi connectivity index (χ0) is 27.9. The van der Waals surface area contributed by atoms with Crippen LogP contribution in [0.1, 0.15) is 73.6 Å². The van der Waals surface area contributed by atoms with Gasteiger partial charge >= 0.3 is 12.3 Å². The van der Waals surface area contributed by atoms with Gasteiger partial charge in [0.05, 0.1) is 23.9 Å². The van der Waals surface area contributed by atoms with Crippen molar-refractivity contribution < 1.29 is 35.3 Å². The molecule has 0 aromatic heterocycles. The van der Waals surface area contributed by atoms with E-state index in [0.29, 0.717) is 17.0 Å². The molecule has 1 aliphatic heterocycles. The first-order valence-corrected chi connectivity index (χ1v) is 13.9. The van der Waals surface area contributed by atoms with Crippen molar-refractivity contribution in [1.29, 1.82) is 0 Å². The molecule has 0 unspecified atom stereocenters. The van der Waals surface area contributed by atoms with Crippen molar-refractivity contribution in [3.05, 3.63) is 69.2 Å². The Labute approximate surface area is 220 Å². The number of nitrogens with zero attached hydrogens (tertiary/aromatic N) is 1. The summed E-state index contributed by atoms with van der Waals surface area (Å²) in [6.45, 7) is 8.40. The Morgan fingerprint density at radius 3 is 2.27 bits per heavy atom. The molecule has 6 nitrogen and oxygen atoms in total. The van der Waals surface area contributed by atoms with Crippen LogP contribution in [0.2, 0.25) is 5.02 Å². The lowest BCUT2D eigenvalue weighted by molar-refractivity contribution is -0.137. The number of carbonyl (C=O) groups excluding carboxylic acids is 1. The van der Waals surface area contributed by atoms with E-state index < -0.39 is 51.7 Å². The minimum atomic E-state index is -4.66. The number of carbonyl (C=O) groups is 1. The van der Waals surface area contributed by atoms with E-state index in [-0.39, 0.29) is 17.5 Å². The molecule has 0 aliphatic carbocycles. The number of likely N-dealkylation sites (tertiary alicyclic amines) is 1. The number of ether oxygens (including phenoxy) is 1. The average molecular weight is 562 g/mol. The molecule has 0 bridgehead atoms. The first kappa shape index (κ1) is 29.3. The summed E-state index contributed by atoms with van der Waals surface area (Å²) < 4.78 is 76.5. The maximum absolute atomic E-state index is 13.6. The normalized spacial score (nSPS) is 19.7. The van der Waals surface area contributed by atoms with E-state index in [9.17, 15) is 26.4 Å². The molecule has 1 heterocycles. The van der Waals surface area contributed by atoms with Crippen LogP contribution >= 0.6 is 11.6 Å². The quantitative estimate of drug-likeness (QED) is 0.363. The van der Waals surface area contributed by atoms with Gasteiger partial charge in [-0.15, -0.1) is 0 Å². The first-order chi connectivity index (χ1) is 16.9. The van der Waals surface area contributed by atoms with Gasteiger partial charge in [0.15, 0.2) is 0 Å². The number of benzene rings is 2. The van der Waals surface area contributed by atoms with Crippen molar-refractivity contribution >= 4 is 27.8 Å². The van der Waals surface area contributed by atoms with Crippen molar-refractivity contribution in [2.24, 2.45) is 0 Å². The Hall–Kier alpha value is -2.30. The molecule has 1 saturated heterocycles. The Balaban J connectivity index is 2.19. The summed E-state index contributed by atoms with van der Waals surface area (Å²) in [5.41, 5.74) is -0.0349. The van der Waals surface area contributed by atoms with Gasteiger partial charge in [-0.05, 0) is 76.8 Å². The van der Waals surface area contributed by atoms with Crippen LogP contribution in [0.25, 0.3) is 0 Å². The maximum Gasteiger partial charge on any atom is 0.416 e. The third kappa shape index (κ3) is 7.39. The standard InChI is InChI=1S/C26H31ClF3NO5S/c1-15-7-8-20(27)19(13-15)21-9-10-22(31(21)24(32)35-25(3,4)5)23(36-37(6,33)34)17-11-16(2)12-18(14-17)26(28,29)30/h7-8,11-14,21-23H,9-10H2,1-6H3/t21-,22-,23-/m0/s1. The van der Waals surface area contributed by atoms with E-state index in [1.54, 1.807) is 26.8 Å². The monoisotopic (exact) mass is 561 g/mol. The van der Waals surface area contributed by atoms with E-state index in [2.05, 4.69) is 0 Å². The summed E-state index contributed by atoms with van der Waals surface area (Å²) in [6.07, 6.45) is -5.38. The second-order valence-corrected chi connectivity index (χ2v) is 12.4. The number of amides is 1. The lowest BCUT2D eigenvalue weighted by atomic mass is 9.96. The highest BCUT2D eigenvalue weighted by Crippen LogP contribution is 2.46. The molecule has 0 radical (unpaired) electrons. The molecule has 11 heteroatoms. The summed E-state index contributed by atoms with van der Waals surface area (Å²) in [6, 6.07) is 7.06. The molecule has 37 heavy (non-hydrogen) atoms. The van der Waals surface area contributed by atoms with Gasteiger partial charge in [0.1, 0.15) is 11.7 Å². The van der Waals surface area contributed by atoms with Crippen molar-refractivity contribution in [3.63, 3.8) is 0 Å². The maximum atomic E-state index is 13.6. The minimum Gasteiger partial charge on any atom is -0.444 e. The van der Waals surface area contributed by atoms with Gasteiger partial charge in [-0.25, -0.2) is 4.79 Å². The Morgan fingerprint density at radius 1 is 1.05 bits per heavy atom. The fraction of sp³-hybridized carbons (Fsp3) is 0.500. The van der Waals surface area contributed by atoms with Gasteiger partial charge in [-0.1, -0.05) is 40.9 Å². The second-order valence-electron chi connectivity index (χ2n) is 10.4. The molecule has 0 saturated carbocycles. The lowest BCUT2D eigenvalue weighted by Crippen LogP contribution is -2.44. The minimum absolute atomic E-state index is 0.00713. The molecule has 1 amide bonds. The molecule has 2 aromatic carbocycles. The predicted octanol–water partition coefficient (Wildman–Crippen LogP) is 7.13. The number of rotatable bonds is 5. The summed E-state index contributed by atoms with van der Waals surface area (Å²) in [5.74, 6) is 0. The fourth-order valence-corrected chi connectivity index (χ4v) is 5.47. The van der Waals surface area contributed by atoms with Crippen LogP contribution in [0.15, 0.2) is 36.4 Å². The Bertz CT molecular complexity index is 1270. The summed E-state index contributed by atoms with van der Waals surface area (Å²) in [7, 11) is -4.14. The van der Waals surface area contributed by atoms with Gasteiger partial charge in [0.25, 0.3) is 10.1 Å². The van der Waals surface area contributed by atoms with E-state index in [0.717, 1.165) is 24.0 Å². The first-order valence-electron chi connectivity index (χ1n) is 11.7. The van der Waals surface area contributed by atoms with E-state index in [1.165, 1.54) is 17.9 Å². The molecular weight excluding hydrogens is 531 g/mol. The molecule has 0 spiro atoms. The van der Waals surface area contributed by atoms with Crippen LogP contribution in [0.5, 0.6) is 0 Å². The van der Waals surface area contributed by atoms with Crippen LogP contribution in [0.4, 0.5) is 18.0 Å². The lowest BCUT2D eigenvalue weighted by Gasteiger charge is -2.36. The zero-order valence-electron chi connectivity index (χ0n) is 21.5. The van der Waals surface area contributed by atoms with Crippen LogP contribution in [-0.4, -0.2) is 37.3 Å². The molecule has 3 atom stereocenters. The van der Waals surface area contributed by atoms with Gasteiger partial charge in [-0.3, -0.25) is 9.08 Å². The number of hydrogen-bond donors (Lipinski definition) is 0. The molecule has 204 valence electrons. The summed E-state index contributed by atoms with van der Waals surface area (Å²) in [4.78, 5) is 14.9. The SMILES string of the molecule is Cc1cc([C@H](OS(C)(=O)=O)[C@@H]2CC[C@@H](c3cc(C)ccc3Cl)N2C(=O)OC(C)(C)C)cc(C(F)(F)F)c1. The predicted molar refractivity (Wildman–Crippen MR) is 135 cm³/mol. The van der Waals surface area contributed by atoms with Crippen molar-refractivity contribution in [2.45, 2.75) is 77.4 Å². The van der Waals surface area contributed by atoms with Crippen molar-refractivity contribution in [1.82, 2.24) is 4.90 Å². The second kappa shape index (κ2) is 10.5. The van der Waals surface area contributed by atoms with Gasteiger partial charge in [-0.2, -0.15) is 21.6 Å². The van der Waals surface area contributed by atoms with Gasteiger partial charge < -0.3 is 4.74 Å². The topological polar surface area (TPSA) is 72.9 Å². The summed E-state index contributed by atoms with van der Waals surface area (Å²) >= 11 is 6.49. The molecule has 0 N–H and O–H groups in total. The van der Waals surface area contributed by atoms with Crippen LogP contribution in [0, 0.1) is 13.8 Å². The Morgan fingerprint density at radius 2 is 1.70 bits per heavy atom. The van der Waals surface area contributed by atoms with Gasteiger partial charge in [0, 0.05) is 5.02 Å². The van der Waals surface area contributed by atoms with Crippen molar-refractivity contribution in [2.75, 3.05) is 6.26 Å². The van der Waals surface area contributed by atoms with Crippen LogP contribution in [0.3, 0.4) is 0 Å². The smallest absolute Gasteiger partial charge is 0.416 e. The third-order valence-corrected chi connectivity index (χ3v) is 6.83. The highest BCUT2D eigenvalue weighted by Gasteiger charge is 2.46. The number of halogens is 4. The molecule has 1 fully saturated rings. The summed E-state index contributed by atoms with van der Waals surface area (Å²) in [5, 5.41) is 0.403. The third-order valence-electron chi connectivity index (χ3n) is 5.93. The number of alkyl halides is 3.